The number of nitrogens with zero attached hydrogens (tertiary/aromatic N) is 1. The molecule has 1 N–H and O–H groups in total. The fourth-order valence-electron chi connectivity index (χ4n) is 4.62. The van der Waals surface area contributed by atoms with Crippen LogP contribution in [0, 0.1) is 20.8 Å². The largest absolute Gasteiger partial charge is 0.481 e. The average molecular weight is 454 g/mol. The van der Waals surface area contributed by atoms with Gasteiger partial charge in [-0.2, -0.15) is 0 Å². The van der Waals surface area contributed by atoms with Crippen molar-refractivity contribution in [2.24, 2.45) is 0 Å². The Bertz CT molecular complexity index is 1170. The van der Waals surface area contributed by atoms with Crippen LogP contribution in [-0.2, 0) is 30.8 Å². The van der Waals surface area contributed by atoms with Gasteiger partial charge in [-0.3, -0.25) is 9.69 Å². The maximum absolute atomic E-state index is 11.7. The molecule has 3 nitrogen and oxygen atoms in total. The van der Waals surface area contributed by atoms with Gasteiger partial charge in [-0.1, -0.05) is 59.1 Å². The Hall–Kier alpha value is -2.33. The Labute approximate surface area is 193 Å². The normalized spacial score (nSPS) is 13.5. The predicted octanol–water partition coefficient (Wildman–Crippen LogP) is 6.73. The summed E-state index contributed by atoms with van der Waals surface area (Å²) in [4.78, 5) is 14.1. The topological polar surface area (TPSA) is 40.5 Å². The molecule has 4 rings (SSSR count). The summed E-state index contributed by atoms with van der Waals surface area (Å²) in [5.41, 5.74) is 10.2. The van der Waals surface area contributed by atoms with Gasteiger partial charge in [0, 0.05) is 19.6 Å². The van der Waals surface area contributed by atoms with Gasteiger partial charge in [0.1, 0.15) is 0 Å². The maximum Gasteiger partial charge on any atom is 0.307 e. The summed E-state index contributed by atoms with van der Waals surface area (Å²) >= 11 is 12.3. The van der Waals surface area contributed by atoms with Crippen LogP contribution in [-0.4, -0.2) is 16.0 Å². The lowest BCUT2D eigenvalue weighted by Crippen LogP contribution is -2.15. The third-order valence-corrected chi connectivity index (χ3v) is 6.96. The molecular formula is C26H25Cl2NO2. The molecule has 0 atom stereocenters. The SMILES string of the molecule is Cc1ccc(-c2c(C)c3c(c(C)c2CC(=O)O)CN(Cc2ccc(Cl)c(Cl)c2)C3)cc1. The van der Waals surface area contributed by atoms with Crippen LogP contribution in [0.15, 0.2) is 42.5 Å². The van der Waals surface area contributed by atoms with Crippen LogP contribution in [0.25, 0.3) is 11.1 Å². The summed E-state index contributed by atoms with van der Waals surface area (Å²) in [6.07, 6.45) is 0.0238. The molecule has 0 spiro atoms. The highest BCUT2D eigenvalue weighted by Gasteiger charge is 2.28. The summed E-state index contributed by atoms with van der Waals surface area (Å²) < 4.78 is 0. The highest BCUT2D eigenvalue weighted by Crippen LogP contribution is 2.40. The Morgan fingerprint density at radius 1 is 0.935 bits per heavy atom. The number of hydrogen-bond acceptors (Lipinski definition) is 2. The average Bonchev–Trinajstić information content (AvgIpc) is 3.14. The number of fused-ring (bicyclic) bond motifs is 1. The van der Waals surface area contributed by atoms with Crippen LogP contribution in [0.2, 0.25) is 10.0 Å². The zero-order valence-electron chi connectivity index (χ0n) is 17.9. The number of benzene rings is 3. The molecule has 0 unspecified atom stereocenters. The second kappa shape index (κ2) is 8.66. The van der Waals surface area contributed by atoms with Crippen LogP contribution in [0.4, 0.5) is 0 Å². The van der Waals surface area contributed by atoms with E-state index in [1.54, 1.807) is 0 Å². The second-order valence-corrected chi connectivity index (χ2v) is 9.21. The van der Waals surface area contributed by atoms with E-state index in [0.717, 1.165) is 47.5 Å². The van der Waals surface area contributed by atoms with Gasteiger partial charge < -0.3 is 5.11 Å². The summed E-state index contributed by atoms with van der Waals surface area (Å²) in [5.74, 6) is -0.804. The van der Waals surface area contributed by atoms with Gasteiger partial charge >= 0.3 is 5.97 Å². The molecule has 0 saturated heterocycles. The van der Waals surface area contributed by atoms with E-state index < -0.39 is 5.97 Å². The van der Waals surface area contributed by atoms with Crippen LogP contribution >= 0.6 is 23.2 Å². The van der Waals surface area contributed by atoms with E-state index in [1.165, 1.54) is 22.3 Å². The van der Waals surface area contributed by atoms with Gasteiger partial charge in [0.2, 0.25) is 0 Å². The number of hydrogen-bond donors (Lipinski definition) is 1. The quantitative estimate of drug-likeness (QED) is 0.465. The van der Waals surface area contributed by atoms with E-state index in [4.69, 9.17) is 23.2 Å². The van der Waals surface area contributed by atoms with Gasteiger partial charge in [-0.05, 0) is 77.4 Å². The Kier molecular flexibility index (Phi) is 6.11. The summed E-state index contributed by atoms with van der Waals surface area (Å²) in [7, 11) is 0. The number of aliphatic carboxylic acids is 1. The van der Waals surface area contributed by atoms with E-state index in [1.807, 2.05) is 18.2 Å². The molecule has 1 heterocycles. The lowest BCUT2D eigenvalue weighted by atomic mass is 9.84. The van der Waals surface area contributed by atoms with Crippen molar-refractivity contribution in [3.8, 4) is 11.1 Å². The Morgan fingerprint density at radius 3 is 2.19 bits per heavy atom. The fraction of sp³-hybridized carbons (Fsp3) is 0.269. The molecule has 0 aliphatic carbocycles. The smallest absolute Gasteiger partial charge is 0.307 e. The molecule has 0 aromatic heterocycles. The number of halogens is 2. The third-order valence-electron chi connectivity index (χ3n) is 6.22. The first-order valence-corrected chi connectivity index (χ1v) is 11.1. The number of aryl methyl sites for hydroxylation is 1. The van der Waals surface area contributed by atoms with Crippen molar-refractivity contribution >= 4 is 29.2 Å². The molecule has 0 bridgehead atoms. The van der Waals surface area contributed by atoms with E-state index in [2.05, 4.69) is 49.9 Å². The Morgan fingerprint density at radius 2 is 1.58 bits per heavy atom. The van der Waals surface area contributed by atoms with Crippen LogP contribution in [0.1, 0.15) is 38.9 Å². The lowest BCUT2D eigenvalue weighted by molar-refractivity contribution is -0.136. The first-order valence-electron chi connectivity index (χ1n) is 10.3. The molecule has 31 heavy (non-hydrogen) atoms. The molecule has 0 saturated carbocycles. The van der Waals surface area contributed by atoms with Crippen LogP contribution in [0.3, 0.4) is 0 Å². The zero-order valence-corrected chi connectivity index (χ0v) is 19.4. The minimum absolute atomic E-state index is 0.0238. The molecule has 1 aliphatic rings. The monoisotopic (exact) mass is 453 g/mol. The highest BCUT2D eigenvalue weighted by atomic mass is 35.5. The number of carboxylic acid groups (broad SMARTS) is 1. The van der Waals surface area contributed by atoms with Crippen molar-refractivity contribution in [3.05, 3.63) is 91.5 Å². The summed E-state index contributed by atoms with van der Waals surface area (Å²) in [6.45, 7) is 8.64. The molecule has 0 radical (unpaired) electrons. The van der Waals surface area contributed by atoms with Crippen molar-refractivity contribution in [3.63, 3.8) is 0 Å². The van der Waals surface area contributed by atoms with Crippen molar-refractivity contribution in [1.29, 1.82) is 0 Å². The molecule has 160 valence electrons. The minimum atomic E-state index is -0.804. The number of rotatable bonds is 5. The number of carboxylic acids is 1. The van der Waals surface area contributed by atoms with Gasteiger partial charge in [0.25, 0.3) is 0 Å². The molecule has 0 amide bonds. The number of carbonyl (C=O) groups is 1. The molecule has 3 aromatic rings. The standard InChI is InChI=1S/C26H25Cl2NO2/c1-15-4-7-19(8-5-15)26-17(3)22-14-29(12-18-6-9-23(27)24(28)10-18)13-21(22)16(2)20(26)11-25(30)31/h4-10H,11-14H2,1-3H3,(H,30,31). The van der Waals surface area contributed by atoms with E-state index in [9.17, 15) is 9.90 Å². The third kappa shape index (κ3) is 4.36. The Balaban J connectivity index is 1.75. The molecule has 0 fully saturated rings. The first kappa shape index (κ1) is 21.9. The predicted molar refractivity (Wildman–Crippen MR) is 127 cm³/mol. The maximum atomic E-state index is 11.7. The van der Waals surface area contributed by atoms with Crippen LogP contribution in [0.5, 0.6) is 0 Å². The zero-order chi connectivity index (χ0) is 22.3. The van der Waals surface area contributed by atoms with Gasteiger partial charge in [0.05, 0.1) is 16.5 Å². The molecule has 1 aliphatic heterocycles. The highest BCUT2D eigenvalue weighted by molar-refractivity contribution is 6.42. The van der Waals surface area contributed by atoms with Crippen molar-refractivity contribution in [2.45, 2.75) is 46.8 Å². The van der Waals surface area contributed by atoms with E-state index >= 15 is 0 Å². The fourth-order valence-corrected chi connectivity index (χ4v) is 4.94. The van der Waals surface area contributed by atoms with E-state index in [0.29, 0.717) is 10.0 Å². The van der Waals surface area contributed by atoms with E-state index in [-0.39, 0.29) is 6.42 Å². The second-order valence-electron chi connectivity index (χ2n) is 8.39. The van der Waals surface area contributed by atoms with Crippen molar-refractivity contribution in [2.75, 3.05) is 0 Å². The molecule has 3 aromatic carbocycles. The van der Waals surface area contributed by atoms with Gasteiger partial charge in [0.15, 0.2) is 0 Å². The van der Waals surface area contributed by atoms with Gasteiger partial charge in [-0.15, -0.1) is 0 Å². The first-order chi connectivity index (χ1) is 14.7. The lowest BCUT2D eigenvalue weighted by Gasteiger charge is -2.20. The van der Waals surface area contributed by atoms with Crippen molar-refractivity contribution in [1.82, 2.24) is 4.90 Å². The summed E-state index contributed by atoms with van der Waals surface area (Å²) in [6, 6.07) is 14.1. The summed E-state index contributed by atoms with van der Waals surface area (Å²) in [5, 5.41) is 10.7. The molecular weight excluding hydrogens is 429 g/mol. The molecule has 5 heteroatoms. The van der Waals surface area contributed by atoms with Gasteiger partial charge in [-0.25, -0.2) is 0 Å². The van der Waals surface area contributed by atoms with Crippen molar-refractivity contribution < 1.29 is 9.90 Å². The minimum Gasteiger partial charge on any atom is -0.481 e. The van der Waals surface area contributed by atoms with Crippen LogP contribution < -0.4 is 0 Å².